The van der Waals surface area contributed by atoms with Crippen LogP contribution in [0.3, 0.4) is 0 Å². The Morgan fingerprint density at radius 2 is 2.17 bits per heavy atom. The Labute approximate surface area is 75.8 Å². The first kappa shape index (κ1) is 11.3. The van der Waals surface area contributed by atoms with Crippen molar-refractivity contribution in [3.63, 3.8) is 0 Å². The normalized spacial score (nSPS) is 8.75. The van der Waals surface area contributed by atoms with Crippen molar-refractivity contribution < 1.29 is 4.74 Å². The maximum atomic E-state index is 5.27. The second-order valence-electron chi connectivity index (χ2n) is 2.54. The van der Waals surface area contributed by atoms with E-state index in [1.807, 2.05) is 13.0 Å². The number of rotatable bonds is 6. The van der Waals surface area contributed by atoms with Gasteiger partial charge in [-0.25, -0.2) is 0 Å². The minimum atomic E-state index is 0.585. The van der Waals surface area contributed by atoms with Crippen LogP contribution in [-0.2, 0) is 4.74 Å². The summed E-state index contributed by atoms with van der Waals surface area (Å²) in [5.41, 5.74) is 0. The van der Waals surface area contributed by atoms with E-state index in [0.29, 0.717) is 6.61 Å². The van der Waals surface area contributed by atoms with Gasteiger partial charge in [0.2, 0.25) is 0 Å². The van der Waals surface area contributed by atoms with Crippen LogP contribution in [0, 0.1) is 11.8 Å². The maximum absolute atomic E-state index is 5.27. The molecule has 0 N–H and O–H groups in total. The lowest BCUT2D eigenvalue weighted by atomic mass is 10.2. The first-order valence-corrected chi connectivity index (χ1v) is 4.56. The van der Waals surface area contributed by atoms with Crippen molar-refractivity contribution in [1.82, 2.24) is 0 Å². The van der Waals surface area contributed by atoms with Crippen molar-refractivity contribution in [3.05, 3.63) is 12.7 Å². The molecule has 0 aromatic rings. The van der Waals surface area contributed by atoms with E-state index in [9.17, 15) is 0 Å². The number of hydrogen-bond donors (Lipinski definition) is 0. The Bertz CT molecular complexity index is 150. The van der Waals surface area contributed by atoms with Gasteiger partial charge in [-0.3, -0.25) is 0 Å². The number of hydrogen-bond acceptors (Lipinski definition) is 1. The summed E-state index contributed by atoms with van der Waals surface area (Å²) < 4.78 is 5.27. The summed E-state index contributed by atoms with van der Waals surface area (Å²) in [5.74, 6) is 5.89. The Kier molecular flexibility index (Phi) is 9.63. The predicted octanol–water partition coefficient (Wildman–Crippen LogP) is 2.77. The molecule has 0 aromatic carbocycles. The van der Waals surface area contributed by atoms with Crippen molar-refractivity contribution in [2.75, 3.05) is 13.2 Å². The van der Waals surface area contributed by atoms with Gasteiger partial charge in [-0.2, -0.15) is 0 Å². The highest BCUT2D eigenvalue weighted by molar-refractivity contribution is 4.97. The Morgan fingerprint density at radius 1 is 1.33 bits per heavy atom. The lowest BCUT2D eigenvalue weighted by Gasteiger charge is -1.97. The number of ether oxygens (including phenoxy) is 1. The molecule has 0 amide bonds. The van der Waals surface area contributed by atoms with Crippen LogP contribution >= 0.6 is 0 Å². The molecule has 0 rings (SSSR count). The average Bonchev–Trinajstić information content (AvgIpc) is 2.10. The van der Waals surface area contributed by atoms with Crippen molar-refractivity contribution >= 4 is 0 Å². The standard InChI is InChI=1S/C11H18O/c1-3-5-7-9-11-12-10-8-6-4-2/h3H,1,4-5,7,9-11H2,2H3. The van der Waals surface area contributed by atoms with E-state index >= 15 is 0 Å². The van der Waals surface area contributed by atoms with Crippen LogP contribution in [0.1, 0.15) is 32.6 Å². The summed E-state index contributed by atoms with van der Waals surface area (Å²) in [4.78, 5) is 0. The molecule has 0 unspecified atom stereocenters. The molecular weight excluding hydrogens is 148 g/mol. The zero-order chi connectivity index (χ0) is 9.07. The third kappa shape index (κ3) is 9.26. The van der Waals surface area contributed by atoms with Gasteiger partial charge in [0.25, 0.3) is 0 Å². The van der Waals surface area contributed by atoms with Gasteiger partial charge in [0.1, 0.15) is 6.61 Å². The molecule has 0 fully saturated rings. The summed E-state index contributed by atoms with van der Waals surface area (Å²) in [7, 11) is 0. The Balaban J connectivity index is 2.95. The molecule has 1 nitrogen and oxygen atoms in total. The van der Waals surface area contributed by atoms with E-state index in [1.165, 1.54) is 6.42 Å². The van der Waals surface area contributed by atoms with Gasteiger partial charge in [-0.1, -0.05) is 18.9 Å². The second-order valence-corrected chi connectivity index (χ2v) is 2.54. The zero-order valence-electron chi connectivity index (χ0n) is 7.94. The first-order chi connectivity index (χ1) is 5.91. The molecule has 0 radical (unpaired) electrons. The molecule has 0 aliphatic heterocycles. The van der Waals surface area contributed by atoms with Crippen molar-refractivity contribution in [2.24, 2.45) is 0 Å². The molecule has 0 aromatic heterocycles. The molecule has 0 bridgehead atoms. The molecule has 0 saturated carbocycles. The highest BCUT2D eigenvalue weighted by Gasteiger charge is 1.85. The maximum Gasteiger partial charge on any atom is 0.107 e. The highest BCUT2D eigenvalue weighted by atomic mass is 16.5. The van der Waals surface area contributed by atoms with Crippen LogP contribution in [0.15, 0.2) is 12.7 Å². The molecule has 0 spiro atoms. The molecule has 68 valence electrons. The predicted molar refractivity (Wildman–Crippen MR) is 52.9 cm³/mol. The van der Waals surface area contributed by atoms with E-state index in [2.05, 4.69) is 18.4 Å². The molecule has 1 heteroatoms. The topological polar surface area (TPSA) is 9.23 Å². The fraction of sp³-hybridized carbons (Fsp3) is 0.636. The van der Waals surface area contributed by atoms with E-state index in [4.69, 9.17) is 4.74 Å². The van der Waals surface area contributed by atoms with E-state index < -0.39 is 0 Å². The molecular formula is C11H18O. The summed E-state index contributed by atoms with van der Waals surface area (Å²) in [6.07, 6.45) is 6.23. The zero-order valence-corrected chi connectivity index (χ0v) is 7.94. The van der Waals surface area contributed by atoms with Crippen molar-refractivity contribution in [3.8, 4) is 11.8 Å². The van der Waals surface area contributed by atoms with Gasteiger partial charge in [0, 0.05) is 13.0 Å². The van der Waals surface area contributed by atoms with Gasteiger partial charge in [0.15, 0.2) is 0 Å². The third-order valence-corrected chi connectivity index (χ3v) is 1.42. The summed E-state index contributed by atoms with van der Waals surface area (Å²) in [6.45, 7) is 7.11. The van der Waals surface area contributed by atoms with Crippen molar-refractivity contribution in [2.45, 2.75) is 32.6 Å². The van der Waals surface area contributed by atoms with Crippen LogP contribution in [0.5, 0.6) is 0 Å². The van der Waals surface area contributed by atoms with Crippen LogP contribution in [0.4, 0.5) is 0 Å². The lowest BCUT2D eigenvalue weighted by molar-refractivity contribution is 0.162. The van der Waals surface area contributed by atoms with Crippen LogP contribution < -0.4 is 0 Å². The minimum Gasteiger partial charge on any atom is -0.369 e. The fourth-order valence-corrected chi connectivity index (χ4v) is 0.792. The smallest absolute Gasteiger partial charge is 0.107 e. The number of allylic oxidation sites excluding steroid dienone is 1. The van der Waals surface area contributed by atoms with E-state index in [0.717, 1.165) is 25.9 Å². The van der Waals surface area contributed by atoms with Crippen LogP contribution in [0.2, 0.25) is 0 Å². The van der Waals surface area contributed by atoms with Crippen LogP contribution in [0.25, 0.3) is 0 Å². The summed E-state index contributed by atoms with van der Waals surface area (Å²) in [6, 6.07) is 0. The largest absolute Gasteiger partial charge is 0.369 e. The third-order valence-electron chi connectivity index (χ3n) is 1.42. The van der Waals surface area contributed by atoms with E-state index in [-0.39, 0.29) is 0 Å². The molecule has 12 heavy (non-hydrogen) atoms. The van der Waals surface area contributed by atoms with Gasteiger partial charge in [-0.05, 0) is 19.3 Å². The first-order valence-electron chi connectivity index (χ1n) is 4.56. The second kappa shape index (κ2) is 10.3. The fourth-order valence-electron chi connectivity index (χ4n) is 0.792. The molecule has 0 aliphatic rings. The van der Waals surface area contributed by atoms with Gasteiger partial charge in [-0.15, -0.1) is 12.5 Å². The van der Waals surface area contributed by atoms with Gasteiger partial charge in [0.05, 0.1) is 0 Å². The summed E-state index contributed by atoms with van der Waals surface area (Å²) in [5, 5.41) is 0. The minimum absolute atomic E-state index is 0.585. The molecule has 0 saturated heterocycles. The Morgan fingerprint density at radius 3 is 2.83 bits per heavy atom. The molecule has 0 aliphatic carbocycles. The van der Waals surface area contributed by atoms with E-state index in [1.54, 1.807) is 0 Å². The summed E-state index contributed by atoms with van der Waals surface area (Å²) >= 11 is 0. The Hall–Kier alpha value is -0.740. The monoisotopic (exact) mass is 166 g/mol. The average molecular weight is 166 g/mol. The lowest BCUT2D eigenvalue weighted by Crippen LogP contribution is -1.94. The van der Waals surface area contributed by atoms with Crippen LogP contribution in [-0.4, -0.2) is 13.2 Å². The quantitative estimate of drug-likeness (QED) is 0.335. The van der Waals surface area contributed by atoms with Gasteiger partial charge < -0.3 is 4.74 Å². The SMILES string of the molecule is C=CCCCCOCC#CCC. The van der Waals surface area contributed by atoms with Crippen molar-refractivity contribution in [1.29, 1.82) is 0 Å². The van der Waals surface area contributed by atoms with Gasteiger partial charge >= 0.3 is 0 Å². The highest BCUT2D eigenvalue weighted by Crippen LogP contribution is 1.95. The molecule has 0 atom stereocenters. The number of unbranched alkanes of at least 4 members (excludes halogenated alkanes) is 2. The molecule has 0 heterocycles.